The fourth-order valence-electron chi connectivity index (χ4n) is 3.93. The van der Waals surface area contributed by atoms with Gasteiger partial charge in [-0.2, -0.15) is 0 Å². The molecule has 1 fully saturated rings. The zero-order valence-corrected chi connectivity index (χ0v) is 17.0. The summed E-state index contributed by atoms with van der Waals surface area (Å²) in [5.41, 5.74) is 2.49. The van der Waals surface area contributed by atoms with E-state index in [1.807, 2.05) is 37.3 Å². The first-order valence-corrected chi connectivity index (χ1v) is 10.3. The van der Waals surface area contributed by atoms with Crippen molar-refractivity contribution in [3.05, 3.63) is 42.5 Å². The van der Waals surface area contributed by atoms with Gasteiger partial charge in [-0.15, -0.1) is 5.10 Å². The molecular weight excluding hydrogens is 366 g/mol. The van der Waals surface area contributed by atoms with Gasteiger partial charge < -0.3 is 10.1 Å². The number of nitrogens with zero attached hydrogens (tertiary/aromatic N) is 4. The maximum Gasteiger partial charge on any atom is 0.220 e. The maximum absolute atomic E-state index is 12.3. The molecule has 4 rings (SSSR count). The molecule has 152 valence electrons. The van der Waals surface area contributed by atoms with Crippen molar-refractivity contribution >= 4 is 11.6 Å². The number of methoxy groups -OCH3 is 1. The first-order valence-electron chi connectivity index (χ1n) is 10.3. The Balaban J connectivity index is 1.42. The quantitative estimate of drug-likeness (QED) is 0.657. The van der Waals surface area contributed by atoms with Gasteiger partial charge in [-0.25, -0.2) is 14.5 Å². The summed E-state index contributed by atoms with van der Waals surface area (Å²) >= 11 is 0. The van der Waals surface area contributed by atoms with Crippen molar-refractivity contribution in [1.29, 1.82) is 0 Å². The number of benzene rings is 1. The predicted octanol–water partition coefficient (Wildman–Crippen LogP) is 3.95. The van der Waals surface area contributed by atoms with Crippen LogP contribution in [0.3, 0.4) is 0 Å². The topological polar surface area (TPSA) is 81.4 Å². The van der Waals surface area contributed by atoms with Gasteiger partial charge in [-0.3, -0.25) is 4.79 Å². The Morgan fingerprint density at radius 2 is 2.03 bits per heavy atom. The summed E-state index contributed by atoms with van der Waals surface area (Å²) in [5, 5.41) is 7.50. The van der Waals surface area contributed by atoms with E-state index in [0.29, 0.717) is 23.8 Å². The van der Waals surface area contributed by atoms with Crippen LogP contribution in [0.5, 0.6) is 5.75 Å². The highest BCUT2D eigenvalue weighted by Gasteiger charge is 2.19. The standard InChI is InChI=1S/C22H27N5O2/c1-15(24-21(28)12-7-16-5-3-4-6-16)22-25-20-13-19(23-14-27(20)26-22)17-8-10-18(29-2)11-9-17/h8-11,13-16H,3-7,12H2,1-2H3,(H,24,28)/t15-/m0/s1. The van der Waals surface area contributed by atoms with Gasteiger partial charge in [0.1, 0.15) is 12.1 Å². The lowest BCUT2D eigenvalue weighted by atomic mass is 10.0. The number of amides is 1. The third-order valence-corrected chi connectivity index (χ3v) is 5.65. The number of carbonyl (C=O) groups excluding carboxylic acids is 1. The Kier molecular flexibility index (Phi) is 5.74. The van der Waals surface area contributed by atoms with Gasteiger partial charge in [0.05, 0.1) is 18.8 Å². The van der Waals surface area contributed by atoms with Crippen LogP contribution in [0.25, 0.3) is 16.9 Å². The average molecular weight is 393 g/mol. The van der Waals surface area contributed by atoms with Gasteiger partial charge in [-0.1, -0.05) is 25.7 Å². The fourth-order valence-corrected chi connectivity index (χ4v) is 3.93. The molecule has 2 heterocycles. The van der Waals surface area contributed by atoms with E-state index in [1.165, 1.54) is 25.7 Å². The number of nitrogens with one attached hydrogen (secondary N) is 1. The highest BCUT2D eigenvalue weighted by Crippen LogP contribution is 2.28. The minimum Gasteiger partial charge on any atom is -0.497 e. The molecule has 0 spiro atoms. The third-order valence-electron chi connectivity index (χ3n) is 5.65. The first-order chi connectivity index (χ1) is 14.1. The number of hydrogen-bond acceptors (Lipinski definition) is 5. The number of rotatable bonds is 7. The van der Waals surface area contributed by atoms with E-state index in [4.69, 9.17) is 4.74 Å². The third kappa shape index (κ3) is 4.55. The van der Waals surface area contributed by atoms with Gasteiger partial charge in [0.25, 0.3) is 0 Å². The molecule has 0 bridgehead atoms. The lowest BCUT2D eigenvalue weighted by Crippen LogP contribution is -2.27. The second kappa shape index (κ2) is 8.59. The number of carbonyl (C=O) groups is 1. The molecule has 7 nitrogen and oxygen atoms in total. The van der Waals surface area contributed by atoms with Crippen LogP contribution in [0.4, 0.5) is 0 Å². The largest absolute Gasteiger partial charge is 0.497 e. The highest BCUT2D eigenvalue weighted by molar-refractivity contribution is 5.76. The van der Waals surface area contributed by atoms with Crippen LogP contribution in [0.1, 0.15) is 57.3 Å². The first kappa shape index (κ1) is 19.4. The molecule has 0 unspecified atom stereocenters. The molecule has 29 heavy (non-hydrogen) atoms. The maximum atomic E-state index is 12.3. The molecule has 1 atom stereocenters. The molecule has 1 N–H and O–H groups in total. The zero-order chi connectivity index (χ0) is 20.2. The normalized spacial score (nSPS) is 15.5. The van der Waals surface area contributed by atoms with Crippen LogP contribution in [0, 0.1) is 5.92 Å². The van der Waals surface area contributed by atoms with E-state index >= 15 is 0 Å². The van der Waals surface area contributed by atoms with Crippen LogP contribution in [-0.4, -0.2) is 32.6 Å². The summed E-state index contributed by atoms with van der Waals surface area (Å²) in [6.45, 7) is 1.92. The van der Waals surface area contributed by atoms with Crippen molar-refractivity contribution in [3.63, 3.8) is 0 Å². The monoisotopic (exact) mass is 393 g/mol. The van der Waals surface area contributed by atoms with E-state index in [2.05, 4.69) is 20.4 Å². The molecule has 0 aliphatic heterocycles. The van der Waals surface area contributed by atoms with Crippen LogP contribution in [-0.2, 0) is 4.79 Å². The molecule has 2 aromatic heterocycles. The van der Waals surface area contributed by atoms with Gasteiger partial charge >= 0.3 is 0 Å². The summed E-state index contributed by atoms with van der Waals surface area (Å²) in [6.07, 6.45) is 8.35. The molecule has 0 saturated heterocycles. The lowest BCUT2D eigenvalue weighted by Gasteiger charge is -2.12. The van der Waals surface area contributed by atoms with Crippen molar-refractivity contribution in [2.24, 2.45) is 5.92 Å². The van der Waals surface area contributed by atoms with Crippen molar-refractivity contribution < 1.29 is 9.53 Å². The van der Waals surface area contributed by atoms with E-state index < -0.39 is 0 Å². The Morgan fingerprint density at radius 3 is 2.76 bits per heavy atom. The molecule has 1 aliphatic carbocycles. The van der Waals surface area contributed by atoms with Crippen molar-refractivity contribution in [1.82, 2.24) is 24.9 Å². The van der Waals surface area contributed by atoms with Gasteiger partial charge in [-0.05, 0) is 43.5 Å². The minimum atomic E-state index is -0.240. The number of fused-ring (bicyclic) bond motifs is 1. The summed E-state index contributed by atoms with van der Waals surface area (Å²) < 4.78 is 6.84. The summed E-state index contributed by atoms with van der Waals surface area (Å²) in [5.74, 6) is 2.18. The van der Waals surface area contributed by atoms with Crippen LogP contribution < -0.4 is 10.1 Å². The Labute approximate surface area is 170 Å². The molecule has 1 aliphatic rings. The minimum absolute atomic E-state index is 0.0697. The molecule has 1 amide bonds. The average Bonchev–Trinajstić information content (AvgIpc) is 3.41. The fraction of sp³-hybridized carbons (Fsp3) is 0.455. The Hall–Kier alpha value is -2.96. The predicted molar refractivity (Wildman–Crippen MR) is 111 cm³/mol. The molecule has 7 heteroatoms. The van der Waals surface area contributed by atoms with Crippen molar-refractivity contribution in [2.45, 2.75) is 51.5 Å². The van der Waals surface area contributed by atoms with Gasteiger partial charge in [0, 0.05) is 18.1 Å². The Morgan fingerprint density at radius 1 is 1.28 bits per heavy atom. The summed E-state index contributed by atoms with van der Waals surface area (Å²) in [4.78, 5) is 21.4. The van der Waals surface area contributed by atoms with Gasteiger partial charge in [0.2, 0.25) is 5.91 Å². The van der Waals surface area contributed by atoms with Crippen molar-refractivity contribution in [3.8, 4) is 17.0 Å². The van der Waals surface area contributed by atoms with Gasteiger partial charge in [0.15, 0.2) is 11.5 Å². The van der Waals surface area contributed by atoms with Crippen LogP contribution in [0.15, 0.2) is 36.7 Å². The number of aromatic nitrogens is 4. The number of ether oxygens (including phenoxy) is 1. The van der Waals surface area contributed by atoms with Crippen LogP contribution in [0.2, 0.25) is 0 Å². The van der Waals surface area contributed by atoms with Crippen molar-refractivity contribution in [2.75, 3.05) is 7.11 Å². The molecule has 0 radical (unpaired) electrons. The zero-order valence-electron chi connectivity index (χ0n) is 17.0. The van der Waals surface area contributed by atoms with E-state index in [0.717, 1.165) is 23.4 Å². The number of hydrogen-bond donors (Lipinski definition) is 1. The molecule has 1 saturated carbocycles. The van der Waals surface area contributed by atoms with Crippen LogP contribution >= 0.6 is 0 Å². The second-order valence-corrected chi connectivity index (χ2v) is 7.75. The summed E-state index contributed by atoms with van der Waals surface area (Å²) in [6, 6.07) is 9.38. The SMILES string of the molecule is COc1ccc(-c2cc3nc([C@H](C)NC(=O)CCC4CCCC4)nn3cn2)cc1. The van der Waals surface area contributed by atoms with E-state index in [9.17, 15) is 4.79 Å². The molecular formula is C22H27N5O2. The molecule has 3 aromatic rings. The van der Waals surface area contributed by atoms with E-state index in [1.54, 1.807) is 18.0 Å². The lowest BCUT2D eigenvalue weighted by molar-refractivity contribution is -0.122. The summed E-state index contributed by atoms with van der Waals surface area (Å²) in [7, 11) is 1.64. The highest BCUT2D eigenvalue weighted by atomic mass is 16.5. The smallest absolute Gasteiger partial charge is 0.220 e. The molecule has 1 aromatic carbocycles. The second-order valence-electron chi connectivity index (χ2n) is 7.75. The van der Waals surface area contributed by atoms with E-state index in [-0.39, 0.29) is 11.9 Å². The Bertz CT molecular complexity index is 977.